The molecule has 0 aliphatic rings. The van der Waals surface area contributed by atoms with Gasteiger partial charge in [-0.3, -0.25) is 0 Å². The molecule has 2 aromatic rings. The summed E-state index contributed by atoms with van der Waals surface area (Å²) in [6.45, 7) is 0. The summed E-state index contributed by atoms with van der Waals surface area (Å²) in [5.74, 6) is 0. The minimum atomic E-state index is 0. The third-order valence-electron chi connectivity index (χ3n) is 1.11. The van der Waals surface area contributed by atoms with E-state index in [1.165, 1.54) is 0 Å². The van der Waals surface area contributed by atoms with E-state index in [2.05, 4.69) is 0 Å². The SMILES string of the molecule is [Cl-].[Ti+3].c1cc[cH-]c1.c1cc[cH-]c1. The summed E-state index contributed by atoms with van der Waals surface area (Å²) in [6.07, 6.45) is 0. The Morgan fingerprint density at radius 2 is 0.833 bits per heavy atom. The summed E-state index contributed by atoms with van der Waals surface area (Å²) in [4.78, 5) is 0. The third kappa shape index (κ3) is 7.81. The fourth-order valence-electron chi connectivity index (χ4n) is 0.642. The molecule has 0 atom stereocenters. The van der Waals surface area contributed by atoms with Gasteiger partial charge in [-0.25, -0.2) is 24.3 Å². The van der Waals surface area contributed by atoms with Crippen LogP contribution in [0.4, 0.5) is 0 Å². The number of halogens is 1. The van der Waals surface area contributed by atoms with Crippen LogP contribution >= 0.6 is 0 Å². The first kappa shape index (κ1) is 14.2. The van der Waals surface area contributed by atoms with E-state index in [9.17, 15) is 0 Å². The maximum Gasteiger partial charge on any atom is 3.00 e. The standard InChI is InChI=1S/2C5H5.ClH.Ti/c2*1-2-4-5-3-1;;/h2*1-5H;1H;/q2*-1;;+3/p-1. The Balaban J connectivity index is 0. The summed E-state index contributed by atoms with van der Waals surface area (Å²) in [7, 11) is 0. The maximum atomic E-state index is 2.00. The van der Waals surface area contributed by atoms with Crippen molar-refractivity contribution in [3.8, 4) is 0 Å². The average Bonchev–Trinajstić information content (AvgIpc) is 2.67. The molecule has 0 saturated carbocycles. The van der Waals surface area contributed by atoms with Crippen molar-refractivity contribution in [2.45, 2.75) is 0 Å². The fourth-order valence-corrected chi connectivity index (χ4v) is 0.642. The van der Waals surface area contributed by atoms with Crippen LogP contribution in [0.25, 0.3) is 0 Å². The van der Waals surface area contributed by atoms with Crippen LogP contribution in [0.2, 0.25) is 0 Å². The Morgan fingerprint density at radius 1 is 0.583 bits per heavy atom. The molecule has 0 spiro atoms. The molecule has 0 saturated heterocycles. The van der Waals surface area contributed by atoms with E-state index in [-0.39, 0.29) is 34.1 Å². The van der Waals surface area contributed by atoms with Crippen LogP contribution in [0, 0.1) is 0 Å². The molecular weight excluding hydrogens is 203 g/mol. The summed E-state index contributed by atoms with van der Waals surface area (Å²) in [5, 5.41) is 0. The summed E-state index contributed by atoms with van der Waals surface area (Å²) in [5.41, 5.74) is 0. The van der Waals surface area contributed by atoms with E-state index < -0.39 is 0 Å². The first-order chi connectivity index (χ1) is 5.00. The van der Waals surface area contributed by atoms with Gasteiger partial charge < -0.3 is 12.4 Å². The van der Waals surface area contributed by atoms with Crippen molar-refractivity contribution < 1.29 is 34.1 Å². The molecule has 1 radical (unpaired) electrons. The monoisotopic (exact) mass is 213 g/mol. The molecule has 2 rings (SSSR count). The molecule has 0 fully saturated rings. The largest absolute Gasteiger partial charge is 3.00 e. The van der Waals surface area contributed by atoms with E-state index in [1.807, 2.05) is 60.7 Å². The second-order valence-electron chi connectivity index (χ2n) is 1.92. The summed E-state index contributed by atoms with van der Waals surface area (Å²) >= 11 is 0. The predicted octanol–water partition coefficient (Wildman–Crippen LogP) is -0.187. The zero-order chi connectivity index (χ0) is 7.07. The number of rotatable bonds is 0. The van der Waals surface area contributed by atoms with Crippen LogP contribution in [0.5, 0.6) is 0 Å². The summed E-state index contributed by atoms with van der Waals surface area (Å²) in [6, 6.07) is 20.0. The van der Waals surface area contributed by atoms with Crippen molar-refractivity contribution in [3.63, 3.8) is 0 Å². The topological polar surface area (TPSA) is 0 Å². The number of hydrogen-bond acceptors (Lipinski definition) is 0. The van der Waals surface area contributed by atoms with E-state index in [0.717, 1.165) is 0 Å². The van der Waals surface area contributed by atoms with Gasteiger partial charge in [0.2, 0.25) is 0 Å². The van der Waals surface area contributed by atoms with Gasteiger partial charge in [0.05, 0.1) is 0 Å². The van der Waals surface area contributed by atoms with Crippen LogP contribution in [-0.2, 0) is 21.7 Å². The Kier molecular flexibility index (Phi) is 12.7. The normalized spacial score (nSPS) is 6.67. The first-order valence-electron chi connectivity index (χ1n) is 3.33. The molecule has 0 amide bonds. The van der Waals surface area contributed by atoms with E-state index in [4.69, 9.17) is 0 Å². The summed E-state index contributed by atoms with van der Waals surface area (Å²) < 4.78 is 0. The van der Waals surface area contributed by atoms with Gasteiger partial charge in [0.15, 0.2) is 0 Å². The molecule has 0 nitrogen and oxygen atoms in total. The Hall–Kier alpha value is -0.296. The molecule has 0 heterocycles. The minimum Gasteiger partial charge on any atom is -1.00 e. The van der Waals surface area contributed by atoms with E-state index in [1.54, 1.807) is 0 Å². The van der Waals surface area contributed by atoms with Crippen molar-refractivity contribution in [2.24, 2.45) is 0 Å². The van der Waals surface area contributed by atoms with E-state index in [0.29, 0.717) is 0 Å². The van der Waals surface area contributed by atoms with Crippen LogP contribution in [-0.4, -0.2) is 0 Å². The van der Waals surface area contributed by atoms with Gasteiger partial charge in [-0.2, -0.15) is 36.4 Å². The third-order valence-corrected chi connectivity index (χ3v) is 1.11. The Morgan fingerprint density at radius 3 is 0.917 bits per heavy atom. The van der Waals surface area contributed by atoms with Crippen molar-refractivity contribution in [3.05, 3.63) is 60.7 Å². The molecule has 0 aliphatic heterocycles. The second-order valence-corrected chi connectivity index (χ2v) is 1.92. The van der Waals surface area contributed by atoms with Gasteiger partial charge in [0.25, 0.3) is 0 Å². The first-order valence-corrected chi connectivity index (χ1v) is 3.33. The van der Waals surface area contributed by atoms with Crippen molar-refractivity contribution in [1.82, 2.24) is 0 Å². The van der Waals surface area contributed by atoms with Gasteiger partial charge in [-0.15, -0.1) is 0 Å². The van der Waals surface area contributed by atoms with Crippen molar-refractivity contribution in [2.75, 3.05) is 0 Å². The smallest absolute Gasteiger partial charge is 1.00 e. The molecule has 2 aromatic carbocycles. The van der Waals surface area contributed by atoms with Crippen LogP contribution in [0.15, 0.2) is 60.7 Å². The van der Waals surface area contributed by atoms with Gasteiger partial charge >= 0.3 is 21.7 Å². The molecule has 0 aliphatic carbocycles. The molecule has 61 valence electrons. The quantitative estimate of drug-likeness (QED) is 0.421. The molecule has 12 heavy (non-hydrogen) atoms. The molecule has 0 unspecified atom stereocenters. The minimum absolute atomic E-state index is 0. The molecule has 2 heteroatoms. The van der Waals surface area contributed by atoms with Gasteiger partial charge in [-0.1, -0.05) is 0 Å². The Labute approximate surface area is 94.6 Å². The molecule has 0 aromatic heterocycles. The second kappa shape index (κ2) is 10.7. The zero-order valence-electron chi connectivity index (χ0n) is 6.65. The zero-order valence-corrected chi connectivity index (χ0v) is 8.97. The number of hydrogen-bond donors (Lipinski definition) is 0. The van der Waals surface area contributed by atoms with Gasteiger partial charge in [-0.05, 0) is 0 Å². The molecule has 0 bridgehead atoms. The molecular formula is C10H10ClTi. The fraction of sp³-hybridized carbons (Fsp3) is 0. The van der Waals surface area contributed by atoms with Crippen molar-refractivity contribution in [1.29, 1.82) is 0 Å². The Bertz CT molecular complexity index is 149. The average molecular weight is 214 g/mol. The molecule has 0 N–H and O–H groups in total. The van der Waals surface area contributed by atoms with Crippen LogP contribution in [0.3, 0.4) is 0 Å². The van der Waals surface area contributed by atoms with Crippen molar-refractivity contribution >= 4 is 0 Å². The van der Waals surface area contributed by atoms with Crippen LogP contribution < -0.4 is 12.4 Å². The van der Waals surface area contributed by atoms with Crippen LogP contribution in [0.1, 0.15) is 0 Å². The maximum absolute atomic E-state index is 2.00. The van der Waals surface area contributed by atoms with Gasteiger partial charge in [0.1, 0.15) is 0 Å². The predicted molar refractivity (Wildman–Crippen MR) is 44.1 cm³/mol. The van der Waals surface area contributed by atoms with E-state index >= 15 is 0 Å². The van der Waals surface area contributed by atoms with Gasteiger partial charge in [0, 0.05) is 0 Å².